The molecule has 7 nitrogen and oxygen atoms in total. The number of hydrogen-bond acceptors (Lipinski definition) is 5. The maximum Gasteiger partial charge on any atom is 0.335 e. The number of hydrogen-bond donors (Lipinski definition) is 2. The summed E-state index contributed by atoms with van der Waals surface area (Å²) in [7, 11) is 1.49. The summed E-state index contributed by atoms with van der Waals surface area (Å²) in [5.41, 5.74) is 4.10. The molecule has 178 valence electrons. The van der Waals surface area contributed by atoms with Crippen molar-refractivity contribution in [2.75, 3.05) is 12.4 Å². The first kappa shape index (κ1) is 25.5. The summed E-state index contributed by atoms with van der Waals surface area (Å²) >= 11 is 3.47. The fraction of sp³-hybridized carbons (Fsp3) is 0.148. The Kier molecular flexibility index (Phi) is 8.29. The average Bonchev–Trinajstić information content (AvgIpc) is 2.83. The van der Waals surface area contributed by atoms with Gasteiger partial charge in [0.1, 0.15) is 18.2 Å². The van der Waals surface area contributed by atoms with Gasteiger partial charge >= 0.3 is 5.97 Å². The molecule has 0 bridgehead atoms. The van der Waals surface area contributed by atoms with Crippen molar-refractivity contribution in [3.8, 4) is 17.6 Å². The molecule has 0 atom stereocenters. The van der Waals surface area contributed by atoms with Crippen LogP contribution in [0.2, 0.25) is 0 Å². The molecule has 0 radical (unpaired) electrons. The first-order valence-corrected chi connectivity index (χ1v) is 11.3. The van der Waals surface area contributed by atoms with E-state index in [0.717, 1.165) is 16.7 Å². The lowest BCUT2D eigenvalue weighted by Gasteiger charge is -2.14. The number of nitrogens with one attached hydrogen (secondary N) is 1. The number of benzene rings is 3. The SMILES string of the molecule is COc1cc(/C=C(\C#N)C(=O)Nc2ccc(C)cc2C)cc(Br)c1OCc1ccc(C(=O)O)cc1. The highest BCUT2D eigenvalue weighted by atomic mass is 79.9. The Hall–Kier alpha value is -4.09. The Labute approximate surface area is 211 Å². The number of aryl methyl sites for hydroxylation is 2. The van der Waals surface area contributed by atoms with E-state index in [1.54, 1.807) is 30.3 Å². The van der Waals surface area contributed by atoms with Gasteiger partial charge in [-0.2, -0.15) is 5.26 Å². The number of amides is 1. The minimum absolute atomic E-state index is 0.0638. The second kappa shape index (κ2) is 11.4. The lowest BCUT2D eigenvalue weighted by molar-refractivity contribution is -0.112. The maximum absolute atomic E-state index is 12.7. The summed E-state index contributed by atoms with van der Waals surface area (Å²) in [6, 6.07) is 17.3. The zero-order valence-electron chi connectivity index (χ0n) is 19.4. The van der Waals surface area contributed by atoms with Gasteiger partial charge in [-0.3, -0.25) is 4.79 Å². The Morgan fingerprint density at radius 2 is 1.83 bits per heavy atom. The van der Waals surface area contributed by atoms with Gasteiger partial charge in [-0.15, -0.1) is 0 Å². The number of nitriles is 1. The lowest BCUT2D eigenvalue weighted by Crippen LogP contribution is -2.14. The summed E-state index contributed by atoms with van der Waals surface area (Å²) in [6.07, 6.45) is 1.47. The smallest absolute Gasteiger partial charge is 0.335 e. The van der Waals surface area contributed by atoms with Crippen molar-refractivity contribution >= 4 is 39.6 Å². The van der Waals surface area contributed by atoms with Gasteiger partial charge < -0.3 is 19.9 Å². The third kappa shape index (κ3) is 6.49. The number of carboxylic acids is 1. The molecule has 3 rings (SSSR count). The topological polar surface area (TPSA) is 109 Å². The van der Waals surface area contributed by atoms with Crippen molar-refractivity contribution in [3.63, 3.8) is 0 Å². The van der Waals surface area contributed by atoms with Crippen LogP contribution in [0.25, 0.3) is 6.08 Å². The van der Waals surface area contributed by atoms with Gasteiger partial charge in [0.15, 0.2) is 11.5 Å². The average molecular weight is 535 g/mol. The van der Waals surface area contributed by atoms with E-state index in [1.807, 2.05) is 32.0 Å². The van der Waals surface area contributed by atoms with Gasteiger partial charge in [0.25, 0.3) is 5.91 Å². The van der Waals surface area contributed by atoms with Crippen molar-refractivity contribution in [3.05, 3.63) is 92.5 Å². The Bertz CT molecular complexity index is 1340. The maximum atomic E-state index is 12.7. The third-order valence-corrected chi connectivity index (χ3v) is 5.73. The molecule has 35 heavy (non-hydrogen) atoms. The molecule has 0 unspecified atom stereocenters. The molecular weight excluding hydrogens is 512 g/mol. The highest BCUT2D eigenvalue weighted by Crippen LogP contribution is 2.38. The Morgan fingerprint density at radius 1 is 1.11 bits per heavy atom. The van der Waals surface area contributed by atoms with E-state index in [9.17, 15) is 14.9 Å². The highest BCUT2D eigenvalue weighted by Gasteiger charge is 2.15. The summed E-state index contributed by atoms with van der Waals surface area (Å²) in [6.45, 7) is 4.04. The van der Waals surface area contributed by atoms with Crippen LogP contribution in [0.1, 0.15) is 32.6 Å². The van der Waals surface area contributed by atoms with E-state index in [-0.39, 0.29) is 17.7 Å². The number of anilines is 1. The summed E-state index contributed by atoms with van der Waals surface area (Å²) in [5, 5.41) is 21.4. The van der Waals surface area contributed by atoms with Crippen LogP contribution in [0, 0.1) is 25.2 Å². The van der Waals surface area contributed by atoms with E-state index in [0.29, 0.717) is 27.2 Å². The van der Waals surface area contributed by atoms with Crippen molar-refractivity contribution in [2.45, 2.75) is 20.5 Å². The number of halogens is 1. The number of rotatable bonds is 8. The number of nitrogens with zero attached hydrogens (tertiary/aromatic N) is 1. The van der Waals surface area contributed by atoms with Crippen LogP contribution < -0.4 is 14.8 Å². The molecule has 0 aliphatic carbocycles. The second-order valence-corrected chi connectivity index (χ2v) is 8.62. The highest BCUT2D eigenvalue weighted by molar-refractivity contribution is 9.10. The van der Waals surface area contributed by atoms with Crippen LogP contribution in [0.4, 0.5) is 5.69 Å². The minimum atomic E-state index is -0.995. The Morgan fingerprint density at radius 3 is 2.43 bits per heavy atom. The van der Waals surface area contributed by atoms with E-state index in [2.05, 4.69) is 21.2 Å². The molecule has 0 saturated heterocycles. The van der Waals surface area contributed by atoms with Crippen molar-refractivity contribution in [2.24, 2.45) is 0 Å². The molecular formula is C27H23BrN2O5. The van der Waals surface area contributed by atoms with E-state index in [1.165, 1.54) is 25.3 Å². The van der Waals surface area contributed by atoms with Gasteiger partial charge in [0.05, 0.1) is 17.1 Å². The number of ether oxygens (including phenoxy) is 2. The molecule has 0 saturated carbocycles. The predicted molar refractivity (Wildman–Crippen MR) is 137 cm³/mol. The van der Waals surface area contributed by atoms with Crippen LogP contribution in [0.5, 0.6) is 11.5 Å². The van der Waals surface area contributed by atoms with E-state index < -0.39 is 11.9 Å². The molecule has 0 fully saturated rings. The monoisotopic (exact) mass is 534 g/mol. The lowest BCUT2D eigenvalue weighted by atomic mass is 10.1. The van der Waals surface area contributed by atoms with Crippen LogP contribution in [-0.4, -0.2) is 24.1 Å². The van der Waals surface area contributed by atoms with E-state index >= 15 is 0 Å². The number of methoxy groups -OCH3 is 1. The fourth-order valence-corrected chi connectivity index (χ4v) is 3.90. The number of carbonyl (C=O) groups is 2. The summed E-state index contributed by atoms with van der Waals surface area (Å²) < 4.78 is 11.9. The summed E-state index contributed by atoms with van der Waals surface area (Å²) in [5.74, 6) is -0.672. The normalized spacial score (nSPS) is 10.9. The van der Waals surface area contributed by atoms with Gasteiger partial charge in [-0.05, 0) is 82.9 Å². The number of carbonyl (C=O) groups excluding carboxylic acids is 1. The molecule has 0 heterocycles. The quantitative estimate of drug-likeness (QED) is 0.275. The van der Waals surface area contributed by atoms with E-state index in [4.69, 9.17) is 14.6 Å². The Balaban J connectivity index is 1.80. The molecule has 2 N–H and O–H groups in total. The van der Waals surface area contributed by atoms with Gasteiger partial charge in [0, 0.05) is 5.69 Å². The molecule has 1 amide bonds. The molecule has 0 aliphatic rings. The molecule has 3 aromatic rings. The minimum Gasteiger partial charge on any atom is -0.493 e. The molecule has 8 heteroatoms. The standard InChI is InChI=1S/C27H23BrN2O5/c1-16-4-9-23(17(2)10-16)30-26(31)21(14-29)11-19-12-22(28)25(24(13-19)34-3)35-15-18-5-7-20(8-6-18)27(32)33/h4-13H,15H2,1-3H3,(H,30,31)(H,32,33)/b21-11+. The zero-order chi connectivity index (χ0) is 25.5. The number of aromatic carboxylic acids is 1. The van der Waals surface area contributed by atoms with Crippen molar-refractivity contribution in [1.82, 2.24) is 0 Å². The number of carboxylic acid groups (broad SMARTS) is 1. The second-order valence-electron chi connectivity index (χ2n) is 7.77. The van der Waals surface area contributed by atoms with Crippen LogP contribution in [-0.2, 0) is 11.4 Å². The molecule has 3 aromatic carbocycles. The fourth-order valence-electron chi connectivity index (χ4n) is 3.32. The summed E-state index contributed by atoms with van der Waals surface area (Å²) in [4.78, 5) is 23.7. The van der Waals surface area contributed by atoms with Crippen LogP contribution >= 0.6 is 15.9 Å². The van der Waals surface area contributed by atoms with Crippen molar-refractivity contribution < 1.29 is 24.2 Å². The zero-order valence-corrected chi connectivity index (χ0v) is 21.0. The predicted octanol–water partition coefficient (Wildman–Crippen LogP) is 5.90. The first-order valence-electron chi connectivity index (χ1n) is 10.5. The first-order chi connectivity index (χ1) is 16.7. The van der Waals surface area contributed by atoms with Crippen LogP contribution in [0.3, 0.4) is 0 Å². The van der Waals surface area contributed by atoms with Crippen molar-refractivity contribution in [1.29, 1.82) is 5.26 Å². The third-order valence-electron chi connectivity index (χ3n) is 5.14. The van der Waals surface area contributed by atoms with Gasteiger partial charge in [-0.1, -0.05) is 29.8 Å². The molecule has 0 spiro atoms. The van der Waals surface area contributed by atoms with Crippen LogP contribution in [0.15, 0.2) is 64.6 Å². The van der Waals surface area contributed by atoms with Gasteiger partial charge in [0.2, 0.25) is 0 Å². The molecule has 0 aromatic heterocycles. The van der Waals surface area contributed by atoms with Gasteiger partial charge in [-0.25, -0.2) is 4.79 Å². The molecule has 0 aliphatic heterocycles. The largest absolute Gasteiger partial charge is 0.493 e.